The van der Waals surface area contributed by atoms with Crippen LogP contribution in [-0.2, 0) is 0 Å². The zero-order valence-electron chi connectivity index (χ0n) is 30.7. The van der Waals surface area contributed by atoms with E-state index in [2.05, 4.69) is 228 Å². The Hall–Kier alpha value is -7.42. The molecule has 0 atom stereocenters. The molecule has 0 aliphatic rings. The van der Waals surface area contributed by atoms with E-state index in [4.69, 9.17) is 0 Å². The van der Waals surface area contributed by atoms with Crippen LogP contribution in [0.2, 0.25) is 0 Å². The van der Waals surface area contributed by atoms with E-state index in [1.807, 2.05) is 0 Å². The van der Waals surface area contributed by atoms with Gasteiger partial charge in [0.05, 0.1) is 27.8 Å². The van der Waals surface area contributed by atoms with Crippen molar-refractivity contribution < 1.29 is 0 Å². The monoisotopic (exact) mass is 712 g/mol. The fraction of sp³-hybridized carbons (Fsp3) is 0. The van der Waals surface area contributed by atoms with Crippen LogP contribution in [0.15, 0.2) is 218 Å². The first-order valence-corrected chi connectivity index (χ1v) is 19.3. The predicted octanol–water partition coefficient (Wildman–Crippen LogP) is 14.5. The van der Waals surface area contributed by atoms with Crippen molar-refractivity contribution in [3.63, 3.8) is 0 Å². The van der Waals surface area contributed by atoms with E-state index in [1.54, 1.807) is 0 Å². The van der Waals surface area contributed by atoms with Gasteiger partial charge in [0.1, 0.15) is 0 Å². The Bertz CT molecular complexity index is 3220. The highest BCUT2D eigenvalue weighted by molar-refractivity contribution is 6.19. The summed E-state index contributed by atoms with van der Waals surface area (Å²) in [5.74, 6) is 0. The fourth-order valence-corrected chi connectivity index (χ4v) is 8.90. The normalized spacial score (nSPS) is 11.6. The molecular weight excluding hydrogens is 677 g/mol. The second-order valence-corrected chi connectivity index (χ2v) is 14.5. The van der Waals surface area contributed by atoms with Crippen molar-refractivity contribution in [1.29, 1.82) is 0 Å². The van der Waals surface area contributed by atoms with E-state index in [9.17, 15) is 0 Å². The largest absolute Gasteiger partial charge is 0.309 e. The van der Waals surface area contributed by atoms with Crippen LogP contribution in [0, 0.1) is 0 Å². The molecule has 0 bridgehead atoms. The minimum Gasteiger partial charge on any atom is -0.309 e. The Morgan fingerprint density at radius 1 is 0.250 bits per heavy atom. The van der Waals surface area contributed by atoms with Gasteiger partial charge in [-0.25, -0.2) is 0 Å². The third kappa shape index (κ3) is 5.11. The van der Waals surface area contributed by atoms with Crippen molar-refractivity contribution in [2.75, 3.05) is 0 Å². The summed E-state index contributed by atoms with van der Waals surface area (Å²) in [6.07, 6.45) is 0. The molecule has 0 N–H and O–H groups in total. The Balaban J connectivity index is 1.21. The lowest BCUT2D eigenvalue weighted by Crippen LogP contribution is -1.98. The van der Waals surface area contributed by atoms with Crippen LogP contribution >= 0.6 is 0 Å². The Morgan fingerprint density at radius 2 is 0.696 bits per heavy atom. The standard InChI is InChI=1S/C54H36N2/c1-4-18-37(19-5-1)40-34-41(44-25-11-10-24-43(44)38-20-6-2-7-21-38)36-42(35-40)55-48-29-14-13-27-47(48)54-51(55)32-17-33-52(54)56-49-30-15-12-26-46(49)53-45(28-16-31-50(53)56)39-22-8-3-9-23-39/h1-36H. The van der Waals surface area contributed by atoms with Crippen molar-refractivity contribution >= 4 is 43.6 Å². The second-order valence-electron chi connectivity index (χ2n) is 14.5. The van der Waals surface area contributed by atoms with Gasteiger partial charge in [0.15, 0.2) is 0 Å². The quantitative estimate of drug-likeness (QED) is 0.162. The molecule has 2 heterocycles. The van der Waals surface area contributed by atoms with Crippen LogP contribution in [-0.4, -0.2) is 9.13 Å². The predicted molar refractivity (Wildman–Crippen MR) is 237 cm³/mol. The summed E-state index contributed by atoms with van der Waals surface area (Å²) in [6.45, 7) is 0. The van der Waals surface area contributed by atoms with Gasteiger partial charge in [0, 0.05) is 27.2 Å². The minimum atomic E-state index is 1.13. The molecule has 0 aliphatic carbocycles. The van der Waals surface area contributed by atoms with Crippen molar-refractivity contribution in [3.8, 4) is 55.9 Å². The van der Waals surface area contributed by atoms with Crippen molar-refractivity contribution in [2.24, 2.45) is 0 Å². The number of nitrogens with zero attached hydrogens (tertiary/aromatic N) is 2. The number of hydrogen-bond acceptors (Lipinski definition) is 0. The zero-order valence-corrected chi connectivity index (χ0v) is 30.7. The molecule has 0 amide bonds. The number of aromatic nitrogens is 2. The molecule has 0 saturated carbocycles. The van der Waals surface area contributed by atoms with Gasteiger partial charge >= 0.3 is 0 Å². The summed E-state index contributed by atoms with van der Waals surface area (Å²) in [5.41, 5.74) is 16.7. The van der Waals surface area contributed by atoms with E-state index >= 15 is 0 Å². The molecule has 262 valence electrons. The van der Waals surface area contributed by atoms with E-state index in [-0.39, 0.29) is 0 Å². The van der Waals surface area contributed by atoms with Crippen LogP contribution in [0.1, 0.15) is 0 Å². The van der Waals surface area contributed by atoms with Crippen molar-refractivity contribution in [3.05, 3.63) is 218 Å². The smallest absolute Gasteiger partial charge is 0.0562 e. The molecule has 2 aromatic heterocycles. The molecule has 0 aliphatic heterocycles. The molecule has 0 radical (unpaired) electrons. The maximum absolute atomic E-state index is 2.48. The van der Waals surface area contributed by atoms with Crippen LogP contribution in [0.5, 0.6) is 0 Å². The Morgan fingerprint density at radius 3 is 1.38 bits per heavy atom. The molecule has 0 unspecified atom stereocenters. The summed E-state index contributed by atoms with van der Waals surface area (Å²) in [5, 5.41) is 4.97. The molecule has 2 heteroatoms. The lowest BCUT2D eigenvalue weighted by Gasteiger charge is -2.16. The number of hydrogen-bond donors (Lipinski definition) is 0. The maximum atomic E-state index is 2.48. The Kier molecular flexibility index (Phi) is 7.53. The third-order valence-electron chi connectivity index (χ3n) is 11.3. The number of rotatable bonds is 6. The highest BCUT2D eigenvalue weighted by atomic mass is 15.0. The number of benzene rings is 9. The third-order valence-corrected chi connectivity index (χ3v) is 11.3. The molecule has 0 saturated heterocycles. The Labute approximate surface area is 325 Å². The van der Waals surface area contributed by atoms with E-state index in [0.717, 1.165) is 5.69 Å². The van der Waals surface area contributed by atoms with Crippen LogP contribution in [0.25, 0.3) is 99.5 Å². The summed E-state index contributed by atoms with van der Waals surface area (Å²) in [6, 6.07) is 79.4. The van der Waals surface area contributed by atoms with Crippen molar-refractivity contribution in [2.45, 2.75) is 0 Å². The molecule has 0 spiro atoms. The fourth-order valence-electron chi connectivity index (χ4n) is 8.90. The van der Waals surface area contributed by atoms with Gasteiger partial charge in [-0.15, -0.1) is 0 Å². The summed E-state index contributed by atoms with van der Waals surface area (Å²) >= 11 is 0. The average molecular weight is 713 g/mol. The van der Waals surface area contributed by atoms with Gasteiger partial charge < -0.3 is 9.13 Å². The minimum absolute atomic E-state index is 1.13. The molecule has 2 nitrogen and oxygen atoms in total. The SMILES string of the molecule is c1ccc(-c2cc(-c3ccccc3-c3ccccc3)cc(-n3c4ccccc4c4c(-n5c6ccccc6c6c(-c7ccccc7)cccc65)cccc43)c2)cc1. The summed E-state index contributed by atoms with van der Waals surface area (Å²) < 4.78 is 4.96. The average Bonchev–Trinajstić information content (AvgIpc) is 3.80. The summed E-state index contributed by atoms with van der Waals surface area (Å²) in [7, 11) is 0. The van der Waals surface area contributed by atoms with Crippen LogP contribution < -0.4 is 0 Å². The zero-order chi connectivity index (χ0) is 37.0. The maximum Gasteiger partial charge on any atom is 0.0562 e. The highest BCUT2D eigenvalue weighted by Gasteiger charge is 2.22. The van der Waals surface area contributed by atoms with Gasteiger partial charge in [-0.1, -0.05) is 170 Å². The van der Waals surface area contributed by atoms with Gasteiger partial charge in [-0.05, 0) is 93.0 Å². The van der Waals surface area contributed by atoms with E-state index in [0.29, 0.717) is 0 Å². The first kappa shape index (κ1) is 32.0. The molecule has 11 aromatic rings. The lowest BCUT2D eigenvalue weighted by molar-refractivity contribution is 1.17. The van der Waals surface area contributed by atoms with Gasteiger partial charge in [0.25, 0.3) is 0 Å². The molecule has 11 rings (SSSR count). The lowest BCUT2D eigenvalue weighted by atomic mass is 9.92. The number of para-hydroxylation sites is 2. The first-order valence-electron chi connectivity index (χ1n) is 19.3. The summed E-state index contributed by atoms with van der Waals surface area (Å²) in [4.78, 5) is 0. The second kappa shape index (κ2) is 13.2. The van der Waals surface area contributed by atoms with Gasteiger partial charge in [-0.2, -0.15) is 0 Å². The van der Waals surface area contributed by atoms with E-state index in [1.165, 1.54) is 93.8 Å². The number of fused-ring (bicyclic) bond motifs is 6. The van der Waals surface area contributed by atoms with Crippen LogP contribution in [0.3, 0.4) is 0 Å². The first-order chi connectivity index (χ1) is 27.8. The molecule has 56 heavy (non-hydrogen) atoms. The topological polar surface area (TPSA) is 9.86 Å². The van der Waals surface area contributed by atoms with Crippen molar-refractivity contribution in [1.82, 2.24) is 9.13 Å². The van der Waals surface area contributed by atoms with Gasteiger partial charge in [-0.3, -0.25) is 0 Å². The van der Waals surface area contributed by atoms with Gasteiger partial charge in [0.2, 0.25) is 0 Å². The molecule has 0 fully saturated rings. The van der Waals surface area contributed by atoms with Crippen LogP contribution in [0.4, 0.5) is 0 Å². The highest BCUT2D eigenvalue weighted by Crippen LogP contribution is 2.43. The van der Waals surface area contributed by atoms with E-state index < -0.39 is 0 Å². The molecular formula is C54H36N2. The molecule has 9 aromatic carbocycles.